The van der Waals surface area contributed by atoms with Crippen molar-refractivity contribution in [3.63, 3.8) is 0 Å². The minimum atomic E-state index is -0.111. The van der Waals surface area contributed by atoms with E-state index in [1.807, 2.05) is 12.1 Å². The maximum Gasteiger partial charge on any atom is 0.127 e. The Labute approximate surface area is 91.7 Å². The van der Waals surface area contributed by atoms with E-state index in [1.165, 1.54) is 6.07 Å². The van der Waals surface area contributed by atoms with Gasteiger partial charge in [-0.2, -0.15) is 0 Å². The van der Waals surface area contributed by atoms with E-state index in [2.05, 4.69) is 26.1 Å². The molecule has 1 N–H and O–H groups in total. The standard InChI is InChI=1S/C13H20FN/c1-4-10(3)15-13(5-2)11-8-6-7-9-12(11)14/h6-10,13,15H,4-5H2,1-3H3/t10-,13-/m1/s1. The highest BCUT2D eigenvalue weighted by Gasteiger charge is 2.14. The van der Waals surface area contributed by atoms with Crippen LogP contribution < -0.4 is 5.32 Å². The lowest BCUT2D eigenvalue weighted by Gasteiger charge is -2.22. The van der Waals surface area contributed by atoms with Crippen molar-refractivity contribution in [1.29, 1.82) is 0 Å². The number of halogens is 1. The molecule has 0 saturated carbocycles. The van der Waals surface area contributed by atoms with E-state index >= 15 is 0 Å². The minimum absolute atomic E-state index is 0.111. The van der Waals surface area contributed by atoms with Gasteiger partial charge in [-0.05, 0) is 25.8 Å². The van der Waals surface area contributed by atoms with Crippen LogP contribution in [0.25, 0.3) is 0 Å². The summed E-state index contributed by atoms with van der Waals surface area (Å²) in [6.07, 6.45) is 1.97. The largest absolute Gasteiger partial charge is 0.307 e. The summed E-state index contributed by atoms with van der Waals surface area (Å²) < 4.78 is 13.5. The van der Waals surface area contributed by atoms with Crippen LogP contribution in [0, 0.1) is 5.82 Å². The molecule has 0 spiro atoms. The SMILES string of the molecule is CC[C@@H](C)N[C@H](CC)c1ccccc1F. The molecule has 0 aromatic heterocycles. The predicted molar refractivity (Wildman–Crippen MR) is 62.3 cm³/mol. The molecule has 1 aromatic carbocycles. The zero-order valence-corrected chi connectivity index (χ0v) is 9.76. The van der Waals surface area contributed by atoms with Crippen molar-refractivity contribution in [2.24, 2.45) is 0 Å². The summed E-state index contributed by atoms with van der Waals surface area (Å²) in [6, 6.07) is 7.55. The van der Waals surface area contributed by atoms with Gasteiger partial charge in [-0.15, -0.1) is 0 Å². The van der Waals surface area contributed by atoms with Crippen molar-refractivity contribution < 1.29 is 4.39 Å². The highest BCUT2D eigenvalue weighted by molar-refractivity contribution is 5.21. The molecule has 0 bridgehead atoms. The lowest BCUT2D eigenvalue weighted by molar-refractivity contribution is 0.424. The van der Waals surface area contributed by atoms with Gasteiger partial charge in [0.1, 0.15) is 5.82 Å². The Bertz CT molecular complexity index is 298. The van der Waals surface area contributed by atoms with Gasteiger partial charge >= 0.3 is 0 Å². The number of benzene rings is 1. The average Bonchev–Trinajstić information content (AvgIpc) is 2.26. The number of nitrogens with one attached hydrogen (secondary N) is 1. The van der Waals surface area contributed by atoms with Crippen molar-refractivity contribution in [1.82, 2.24) is 5.32 Å². The van der Waals surface area contributed by atoms with Gasteiger partial charge in [-0.3, -0.25) is 0 Å². The molecule has 0 heterocycles. The summed E-state index contributed by atoms with van der Waals surface area (Å²) in [4.78, 5) is 0. The monoisotopic (exact) mass is 209 g/mol. The van der Waals surface area contributed by atoms with E-state index in [0.29, 0.717) is 6.04 Å². The third-order valence-corrected chi connectivity index (χ3v) is 2.79. The Hall–Kier alpha value is -0.890. The molecule has 0 saturated heterocycles. The van der Waals surface area contributed by atoms with Gasteiger partial charge in [0, 0.05) is 17.6 Å². The topological polar surface area (TPSA) is 12.0 Å². The Morgan fingerprint density at radius 3 is 2.40 bits per heavy atom. The fraction of sp³-hybridized carbons (Fsp3) is 0.538. The summed E-state index contributed by atoms with van der Waals surface area (Å²) in [5.41, 5.74) is 0.778. The molecule has 0 aliphatic heterocycles. The van der Waals surface area contributed by atoms with E-state index in [1.54, 1.807) is 6.07 Å². The average molecular weight is 209 g/mol. The van der Waals surface area contributed by atoms with Crippen LogP contribution in [0.4, 0.5) is 4.39 Å². The Kier molecular flexibility index (Phi) is 4.76. The molecule has 0 fully saturated rings. The predicted octanol–water partition coefficient (Wildman–Crippen LogP) is 3.66. The Morgan fingerprint density at radius 1 is 1.20 bits per heavy atom. The van der Waals surface area contributed by atoms with Gasteiger partial charge in [0.25, 0.3) is 0 Å². The third-order valence-electron chi connectivity index (χ3n) is 2.79. The van der Waals surface area contributed by atoms with Crippen LogP contribution in [0.5, 0.6) is 0 Å². The first-order valence-corrected chi connectivity index (χ1v) is 5.69. The van der Waals surface area contributed by atoms with Crippen molar-refractivity contribution in [2.45, 2.75) is 45.7 Å². The van der Waals surface area contributed by atoms with Crippen molar-refractivity contribution in [2.75, 3.05) is 0 Å². The molecular formula is C13H20FN. The molecular weight excluding hydrogens is 189 g/mol. The van der Waals surface area contributed by atoms with Crippen molar-refractivity contribution in [3.8, 4) is 0 Å². The molecule has 2 atom stereocenters. The van der Waals surface area contributed by atoms with E-state index < -0.39 is 0 Å². The minimum Gasteiger partial charge on any atom is -0.307 e. The molecule has 84 valence electrons. The molecule has 1 rings (SSSR count). The first kappa shape index (κ1) is 12.2. The zero-order valence-electron chi connectivity index (χ0n) is 9.76. The first-order chi connectivity index (χ1) is 7.19. The van der Waals surface area contributed by atoms with E-state index in [-0.39, 0.29) is 11.9 Å². The normalized spacial score (nSPS) is 14.9. The first-order valence-electron chi connectivity index (χ1n) is 5.69. The Balaban J connectivity index is 2.78. The second kappa shape index (κ2) is 5.86. The molecule has 0 amide bonds. The molecule has 2 heteroatoms. The maximum absolute atomic E-state index is 13.5. The molecule has 0 radical (unpaired) electrons. The van der Waals surface area contributed by atoms with Crippen molar-refractivity contribution >= 4 is 0 Å². The van der Waals surface area contributed by atoms with E-state index in [0.717, 1.165) is 18.4 Å². The van der Waals surface area contributed by atoms with Crippen LogP contribution >= 0.6 is 0 Å². The maximum atomic E-state index is 13.5. The van der Waals surface area contributed by atoms with Crippen LogP contribution in [0.3, 0.4) is 0 Å². The van der Waals surface area contributed by atoms with Gasteiger partial charge < -0.3 is 5.32 Å². The van der Waals surface area contributed by atoms with Crippen LogP contribution in [0.15, 0.2) is 24.3 Å². The highest BCUT2D eigenvalue weighted by atomic mass is 19.1. The summed E-state index contributed by atoms with van der Waals surface area (Å²) >= 11 is 0. The second-order valence-electron chi connectivity index (χ2n) is 3.96. The van der Waals surface area contributed by atoms with Crippen LogP contribution in [0.2, 0.25) is 0 Å². The van der Waals surface area contributed by atoms with Gasteiger partial charge in [0.05, 0.1) is 0 Å². The molecule has 1 nitrogen and oxygen atoms in total. The highest BCUT2D eigenvalue weighted by Crippen LogP contribution is 2.20. The number of rotatable bonds is 5. The Morgan fingerprint density at radius 2 is 1.87 bits per heavy atom. The van der Waals surface area contributed by atoms with Gasteiger partial charge in [-0.1, -0.05) is 32.0 Å². The lowest BCUT2D eigenvalue weighted by Crippen LogP contribution is -2.30. The molecule has 0 aliphatic carbocycles. The smallest absolute Gasteiger partial charge is 0.127 e. The number of hydrogen-bond acceptors (Lipinski definition) is 1. The lowest BCUT2D eigenvalue weighted by atomic mass is 10.0. The molecule has 0 unspecified atom stereocenters. The summed E-state index contributed by atoms with van der Waals surface area (Å²) in [5, 5.41) is 3.43. The fourth-order valence-corrected chi connectivity index (χ4v) is 1.65. The summed E-state index contributed by atoms with van der Waals surface area (Å²) in [5.74, 6) is -0.111. The quantitative estimate of drug-likeness (QED) is 0.780. The van der Waals surface area contributed by atoms with Gasteiger partial charge in [-0.25, -0.2) is 4.39 Å². The molecule has 0 aliphatic rings. The number of hydrogen-bond donors (Lipinski definition) is 1. The summed E-state index contributed by atoms with van der Waals surface area (Å²) in [7, 11) is 0. The van der Waals surface area contributed by atoms with Gasteiger partial charge in [0.2, 0.25) is 0 Å². The molecule has 15 heavy (non-hydrogen) atoms. The van der Waals surface area contributed by atoms with Crippen LogP contribution in [-0.2, 0) is 0 Å². The van der Waals surface area contributed by atoms with Crippen LogP contribution in [0.1, 0.15) is 45.2 Å². The van der Waals surface area contributed by atoms with Gasteiger partial charge in [0.15, 0.2) is 0 Å². The third kappa shape index (κ3) is 3.31. The van der Waals surface area contributed by atoms with E-state index in [4.69, 9.17) is 0 Å². The zero-order chi connectivity index (χ0) is 11.3. The summed E-state index contributed by atoms with van der Waals surface area (Å²) in [6.45, 7) is 6.34. The molecule has 1 aromatic rings. The van der Waals surface area contributed by atoms with Crippen LogP contribution in [-0.4, -0.2) is 6.04 Å². The second-order valence-corrected chi connectivity index (χ2v) is 3.96. The van der Waals surface area contributed by atoms with Crippen molar-refractivity contribution in [3.05, 3.63) is 35.6 Å². The fourth-order valence-electron chi connectivity index (χ4n) is 1.65. The van der Waals surface area contributed by atoms with E-state index in [9.17, 15) is 4.39 Å².